The van der Waals surface area contributed by atoms with Crippen molar-refractivity contribution in [1.29, 1.82) is 0 Å². The first-order valence-corrected chi connectivity index (χ1v) is 7.98. The van der Waals surface area contributed by atoms with E-state index in [-0.39, 0.29) is 11.4 Å². The van der Waals surface area contributed by atoms with Crippen molar-refractivity contribution < 1.29 is 4.79 Å². The van der Waals surface area contributed by atoms with Crippen LogP contribution < -0.4 is 10.2 Å². The molecule has 3 aliphatic heterocycles. The molecule has 4 rings (SSSR count). The van der Waals surface area contributed by atoms with Gasteiger partial charge in [-0.05, 0) is 44.9 Å². The lowest BCUT2D eigenvalue weighted by atomic mass is 9.91. The van der Waals surface area contributed by atoms with Gasteiger partial charge in [0.1, 0.15) is 5.82 Å². The highest BCUT2D eigenvalue weighted by Crippen LogP contribution is 2.36. The molecule has 0 spiro atoms. The fourth-order valence-corrected chi connectivity index (χ4v) is 3.32. The standard InChI is InChI=1S/C18H20N4O/c1-18(2)10-9-14-15(20-18)21-12-6-11-19-16(21)17(23)22(14)13-7-4-3-5-8-13/h3-8,11,20H,9-10,12H2,1-2H3. The van der Waals surface area contributed by atoms with Gasteiger partial charge in [-0.3, -0.25) is 9.69 Å². The van der Waals surface area contributed by atoms with Crippen molar-refractivity contribution in [1.82, 2.24) is 10.2 Å². The molecule has 0 radical (unpaired) electrons. The first kappa shape index (κ1) is 14.1. The van der Waals surface area contributed by atoms with Gasteiger partial charge in [0.05, 0.1) is 5.70 Å². The van der Waals surface area contributed by atoms with Gasteiger partial charge in [-0.1, -0.05) is 18.2 Å². The van der Waals surface area contributed by atoms with E-state index in [1.165, 1.54) is 0 Å². The average Bonchev–Trinajstić information content (AvgIpc) is 2.56. The van der Waals surface area contributed by atoms with E-state index in [2.05, 4.69) is 24.2 Å². The van der Waals surface area contributed by atoms with Gasteiger partial charge >= 0.3 is 0 Å². The first-order chi connectivity index (χ1) is 11.1. The van der Waals surface area contributed by atoms with E-state index in [9.17, 15) is 4.79 Å². The molecule has 5 heteroatoms. The van der Waals surface area contributed by atoms with Crippen LogP contribution >= 0.6 is 0 Å². The van der Waals surface area contributed by atoms with Gasteiger partial charge in [0.15, 0.2) is 0 Å². The second-order valence-corrected chi connectivity index (χ2v) is 6.73. The number of allylic oxidation sites excluding steroid dienone is 1. The number of carbonyl (C=O) groups excluding carboxylic acids is 1. The Labute approximate surface area is 136 Å². The van der Waals surface area contributed by atoms with E-state index in [0.717, 1.165) is 30.0 Å². The van der Waals surface area contributed by atoms with Gasteiger partial charge in [0, 0.05) is 24.0 Å². The number of fused-ring (bicyclic) bond motifs is 2. The molecule has 1 amide bonds. The minimum atomic E-state index is -0.0548. The maximum Gasteiger partial charge on any atom is 0.298 e. The average molecular weight is 308 g/mol. The molecule has 0 aliphatic carbocycles. The van der Waals surface area contributed by atoms with E-state index in [0.29, 0.717) is 12.4 Å². The van der Waals surface area contributed by atoms with Crippen LogP contribution in [0.3, 0.4) is 0 Å². The molecule has 0 atom stereocenters. The molecule has 3 aliphatic rings. The van der Waals surface area contributed by atoms with Gasteiger partial charge in [0.25, 0.3) is 5.91 Å². The molecule has 118 valence electrons. The Hall–Kier alpha value is -2.56. The lowest BCUT2D eigenvalue weighted by molar-refractivity contribution is -0.113. The Morgan fingerprint density at radius 2 is 2.00 bits per heavy atom. The summed E-state index contributed by atoms with van der Waals surface area (Å²) in [7, 11) is 0. The topological polar surface area (TPSA) is 47.9 Å². The molecule has 0 saturated carbocycles. The van der Waals surface area contributed by atoms with Crippen LogP contribution in [0.15, 0.2) is 59.1 Å². The van der Waals surface area contributed by atoms with Crippen LogP contribution in [0.4, 0.5) is 5.69 Å². The molecule has 0 aromatic heterocycles. The molecule has 0 bridgehead atoms. The van der Waals surface area contributed by atoms with Crippen LogP contribution in [-0.4, -0.2) is 28.7 Å². The maximum absolute atomic E-state index is 13.0. The predicted octanol–water partition coefficient (Wildman–Crippen LogP) is 2.59. The highest BCUT2D eigenvalue weighted by molar-refractivity contribution is 6.44. The van der Waals surface area contributed by atoms with E-state index in [1.54, 1.807) is 6.20 Å². The largest absolute Gasteiger partial charge is 0.365 e. The monoisotopic (exact) mass is 308 g/mol. The van der Waals surface area contributed by atoms with Crippen molar-refractivity contribution in [2.24, 2.45) is 4.99 Å². The zero-order valence-electron chi connectivity index (χ0n) is 13.4. The van der Waals surface area contributed by atoms with Crippen LogP contribution in [0, 0.1) is 0 Å². The fraction of sp³-hybridized carbons (Fsp3) is 0.333. The predicted molar refractivity (Wildman–Crippen MR) is 90.7 cm³/mol. The SMILES string of the molecule is CC1(C)CCC2=C(N1)N1CC=CN=C1C(=O)N2c1ccccc1. The summed E-state index contributed by atoms with van der Waals surface area (Å²) in [4.78, 5) is 21.2. The molecular weight excluding hydrogens is 288 g/mol. The Kier molecular flexibility index (Phi) is 3.04. The van der Waals surface area contributed by atoms with Crippen molar-refractivity contribution in [3.63, 3.8) is 0 Å². The number of nitrogens with zero attached hydrogens (tertiary/aromatic N) is 3. The second kappa shape index (κ2) is 4.98. The normalized spacial score (nSPS) is 22.3. The molecule has 1 aromatic rings. The smallest absolute Gasteiger partial charge is 0.298 e. The van der Waals surface area contributed by atoms with Crippen molar-refractivity contribution in [3.8, 4) is 0 Å². The molecule has 0 saturated heterocycles. The van der Waals surface area contributed by atoms with Crippen LogP contribution in [-0.2, 0) is 4.79 Å². The fourth-order valence-electron chi connectivity index (χ4n) is 3.32. The molecule has 5 nitrogen and oxygen atoms in total. The zero-order valence-corrected chi connectivity index (χ0v) is 13.4. The Morgan fingerprint density at radius 1 is 1.22 bits per heavy atom. The van der Waals surface area contributed by atoms with Crippen molar-refractivity contribution in [3.05, 3.63) is 54.1 Å². The molecule has 3 heterocycles. The van der Waals surface area contributed by atoms with Crippen molar-refractivity contribution >= 4 is 17.4 Å². The number of benzene rings is 1. The number of aliphatic imine (C=N–C) groups is 1. The van der Waals surface area contributed by atoms with Gasteiger partial charge in [-0.2, -0.15) is 0 Å². The number of nitrogens with one attached hydrogen (secondary N) is 1. The number of amides is 1. The summed E-state index contributed by atoms with van der Waals surface area (Å²) in [5.74, 6) is 1.44. The summed E-state index contributed by atoms with van der Waals surface area (Å²) in [6.45, 7) is 5.06. The lowest BCUT2D eigenvalue weighted by Crippen LogP contribution is -2.59. The highest BCUT2D eigenvalue weighted by atomic mass is 16.2. The van der Waals surface area contributed by atoms with E-state index in [1.807, 2.05) is 46.2 Å². The van der Waals surface area contributed by atoms with Crippen LogP contribution in [0.2, 0.25) is 0 Å². The van der Waals surface area contributed by atoms with E-state index >= 15 is 0 Å². The Balaban J connectivity index is 1.88. The summed E-state index contributed by atoms with van der Waals surface area (Å²) < 4.78 is 0. The van der Waals surface area contributed by atoms with Crippen LogP contribution in [0.25, 0.3) is 0 Å². The number of carbonyl (C=O) groups is 1. The Morgan fingerprint density at radius 3 is 2.78 bits per heavy atom. The van der Waals surface area contributed by atoms with Gasteiger partial charge < -0.3 is 10.2 Å². The lowest BCUT2D eigenvalue weighted by Gasteiger charge is -2.46. The third kappa shape index (κ3) is 2.23. The first-order valence-electron chi connectivity index (χ1n) is 7.98. The molecule has 23 heavy (non-hydrogen) atoms. The molecule has 0 fully saturated rings. The summed E-state index contributed by atoms with van der Waals surface area (Å²) in [5.41, 5.74) is 1.94. The summed E-state index contributed by atoms with van der Waals surface area (Å²) >= 11 is 0. The number of para-hydroxylation sites is 1. The van der Waals surface area contributed by atoms with E-state index < -0.39 is 0 Å². The number of anilines is 1. The van der Waals surface area contributed by atoms with Crippen LogP contribution in [0.1, 0.15) is 26.7 Å². The van der Waals surface area contributed by atoms with Crippen LogP contribution in [0.5, 0.6) is 0 Å². The number of hydrogen-bond donors (Lipinski definition) is 1. The molecule has 1 aromatic carbocycles. The minimum Gasteiger partial charge on any atom is -0.365 e. The number of amidine groups is 1. The van der Waals surface area contributed by atoms with Gasteiger partial charge in [-0.25, -0.2) is 4.99 Å². The highest BCUT2D eigenvalue weighted by Gasteiger charge is 2.42. The maximum atomic E-state index is 13.0. The summed E-state index contributed by atoms with van der Waals surface area (Å²) in [6, 6.07) is 9.81. The summed E-state index contributed by atoms with van der Waals surface area (Å²) in [5, 5.41) is 3.61. The summed E-state index contributed by atoms with van der Waals surface area (Å²) in [6.07, 6.45) is 5.54. The van der Waals surface area contributed by atoms with Gasteiger partial charge in [0.2, 0.25) is 5.84 Å². The second-order valence-electron chi connectivity index (χ2n) is 6.73. The third-order valence-corrected chi connectivity index (χ3v) is 4.51. The Bertz CT molecular complexity index is 746. The number of rotatable bonds is 1. The molecular formula is C18H20N4O. The van der Waals surface area contributed by atoms with Gasteiger partial charge in [-0.15, -0.1) is 0 Å². The van der Waals surface area contributed by atoms with E-state index in [4.69, 9.17) is 0 Å². The zero-order chi connectivity index (χ0) is 16.0. The quantitative estimate of drug-likeness (QED) is 0.867. The third-order valence-electron chi connectivity index (χ3n) is 4.51. The molecule has 0 unspecified atom stereocenters. The minimum absolute atomic E-state index is 0.00779. The van der Waals surface area contributed by atoms with Crippen molar-refractivity contribution in [2.45, 2.75) is 32.2 Å². The number of hydrogen-bond acceptors (Lipinski definition) is 4. The molecule has 1 N–H and O–H groups in total. The van der Waals surface area contributed by atoms with Crippen molar-refractivity contribution in [2.75, 3.05) is 11.4 Å².